The molecule has 1 aliphatic rings. The highest BCUT2D eigenvalue weighted by atomic mass is 31.2. The fourth-order valence-electron chi connectivity index (χ4n) is 6.50. The smallest absolute Gasteiger partial charge is 0.462 e. The molecule has 1 saturated heterocycles. The Morgan fingerprint density at radius 3 is 1.83 bits per heavy atom. The molecule has 1 aliphatic heterocycles. The van der Waals surface area contributed by atoms with Crippen molar-refractivity contribution in [3.63, 3.8) is 0 Å². The lowest BCUT2D eigenvalue weighted by Crippen LogP contribution is -2.29. The van der Waals surface area contributed by atoms with Gasteiger partial charge in [-0.25, -0.2) is 4.57 Å². The quantitative estimate of drug-likeness (QED) is 0.0177. The Hall–Kier alpha value is -1.85. The molecular formula is C46H83O11P. The van der Waals surface area contributed by atoms with Crippen LogP contribution in [0, 0.1) is 5.92 Å². The maximum Gasteiger partial charge on any atom is 0.472 e. The Balaban J connectivity index is 2.25. The summed E-state index contributed by atoms with van der Waals surface area (Å²) in [5, 5.41) is 18.4. The SMILES string of the molecule is CCCCCC1OC1C/C=C\C/C=C\C/C=C\CCCC(=O)OC[C@H](COP(=O)(O)OC[C@@H](O)CO)OC(=O)CCCCCCCCCCCCCCCCC(C)C. The van der Waals surface area contributed by atoms with Crippen LogP contribution in [0.3, 0.4) is 0 Å². The number of aliphatic hydroxyl groups excluding tert-OH is 2. The number of carbonyl (C=O) groups excluding carboxylic acids is 2. The van der Waals surface area contributed by atoms with Crippen molar-refractivity contribution < 1.29 is 52.5 Å². The molecule has 5 atom stereocenters. The lowest BCUT2D eigenvalue weighted by molar-refractivity contribution is -0.161. The third kappa shape index (κ3) is 35.0. The number of unbranched alkanes of at least 4 members (excludes halogenated alkanes) is 16. The molecule has 1 heterocycles. The van der Waals surface area contributed by atoms with E-state index in [0.29, 0.717) is 31.5 Å². The molecule has 3 unspecified atom stereocenters. The van der Waals surface area contributed by atoms with Gasteiger partial charge in [0.05, 0.1) is 32.0 Å². The van der Waals surface area contributed by atoms with Crippen LogP contribution in [0.1, 0.15) is 188 Å². The lowest BCUT2D eigenvalue weighted by atomic mass is 10.0. The van der Waals surface area contributed by atoms with Crippen molar-refractivity contribution in [1.82, 2.24) is 0 Å². The number of ether oxygens (including phenoxy) is 3. The van der Waals surface area contributed by atoms with Crippen LogP contribution in [0.15, 0.2) is 36.5 Å². The zero-order valence-electron chi connectivity index (χ0n) is 36.6. The van der Waals surface area contributed by atoms with Gasteiger partial charge in [0.2, 0.25) is 0 Å². The molecule has 58 heavy (non-hydrogen) atoms. The van der Waals surface area contributed by atoms with E-state index in [1.165, 1.54) is 96.3 Å². The van der Waals surface area contributed by atoms with Crippen molar-refractivity contribution in [3.8, 4) is 0 Å². The summed E-state index contributed by atoms with van der Waals surface area (Å²) in [7, 11) is -4.63. The number of phosphoric ester groups is 1. The van der Waals surface area contributed by atoms with E-state index in [2.05, 4.69) is 51.2 Å². The van der Waals surface area contributed by atoms with E-state index >= 15 is 0 Å². The van der Waals surface area contributed by atoms with Crippen LogP contribution in [0.4, 0.5) is 0 Å². The summed E-state index contributed by atoms with van der Waals surface area (Å²) in [5.41, 5.74) is 0. The first-order valence-corrected chi connectivity index (χ1v) is 24.4. The molecule has 1 fully saturated rings. The number of aliphatic hydroxyl groups is 2. The van der Waals surface area contributed by atoms with E-state index in [1.54, 1.807) is 0 Å². The van der Waals surface area contributed by atoms with Crippen LogP contribution in [-0.2, 0) is 37.4 Å². The highest BCUT2D eigenvalue weighted by molar-refractivity contribution is 7.47. The Morgan fingerprint density at radius 2 is 1.22 bits per heavy atom. The molecule has 0 aliphatic carbocycles. The molecule has 338 valence electrons. The van der Waals surface area contributed by atoms with E-state index in [9.17, 15) is 24.2 Å². The van der Waals surface area contributed by atoms with Crippen molar-refractivity contribution in [2.75, 3.05) is 26.4 Å². The summed E-state index contributed by atoms with van der Waals surface area (Å²) in [6, 6.07) is 0. The van der Waals surface area contributed by atoms with Gasteiger partial charge < -0.3 is 29.3 Å². The third-order valence-corrected chi connectivity index (χ3v) is 11.1. The molecule has 12 heteroatoms. The lowest BCUT2D eigenvalue weighted by Gasteiger charge is -2.20. The molecule has 0 aromatic rings. The first-order valence-electron chi connectivity index (χ1n) is 22.9. The predicted molar refractivity (Wildman–Crippen MR) is 232 cm³/mol. The van der Waals surface area contributed by atoms with E-state index in [4.69, 9.17) is 28.4 Å². The van der Waals surface area contributed by atoms with Crippen LogP contribution in [-0.4, -0.2) is 77.9 Å². The molecule has 3 N–H and O–H groups in total. The first-order chi connectivity index (χ1) is 28.1. The summed E-state index contributed by atoms with van der Waals surface area (Å²) in [6.45, 7) is 4.63. The topological polar surface area (TPSA) is 161 Å². The van der Waals surface area contributed by atoms with Gasteiger partial charge in [-0.15, -0.1) is 0 Å². The van der Waals surface area contributed by atoms with Gasteiger partial charge in [0.15, 0.2) is 6.10 Å². The molecule has 0 spiro atoms. The number of esters is 2. The summed E-state index contributed by atoms with van der Waals surface area (Å²) >= 11 is 0. The van der Waals surface area contributed by atoms with Crippen molar-refractivity contribution in [2.45, 2.75) is 212 Å². The molecule has 11 nitrogen and oxygen atoms in total. The number of hydrogen-bond acceptors (Lipinski definition) is 10. The fraction of sp³-hybridized carbons (Fsp3) is 0.826. The molecule has 1 rings (SSSR count). The van der Waals surface area contributed by atoms with Gasteiger partial charge in [0.1, 0.15) is 12.7 Å². The van der Waals surface area contributed by atoms with Crippen molar-refractivity contribution in [1.29, 1.82) is 0 Å². The van der Waals surface area contributed by atoms with Crippen LogP contribution < -0.4 is 0 Å². The Bertz CT molecular complexity index is 1140. The summed E-state index contributed by atoms with van der Waals surface area (Å²) < 4.78 is 38.4. The number of carbonyl (C=O) groups is 2. The standard InChI is InChI=1S/C46H83O11P/c1-4-5-26-32-43-44(57-43)33-28-23-19-15-12-13-16-20-24-29-34-45(49)53-38-42(39-55-58(51,52)54-37-41(48)36-47)56-46(50)35-30-25-21-17-11-9-7-6-8-10-14-18-22-27-31-40(2)3/h12,15-16,20,23,28,40-44,47-48H,4-11,13-14,17-19,21-22,24-27,29-39H2,1-3H3,(H,51,52)/b15-12-,20-16-,28-23-/t41-,42+,43?,44?/m0/s1. The number of epoxide rings is 1. The van der Waals surface area contributed by atoms with E-state index in [0.717, 1.165) is 44.4 Å². The minimum Gasteiger partial charge on any atom is -0.462 e. The van der Waals surface area contributed by atoms with E-state index in [-0.39, 0.29) is 19.4 Å². The molecule has 0 radical (unpaired) electrons. The largest absolute Gasteiger partial charge is 0.472 e. The van der Waals surface area contributed by atoms with E-state index in [1.807, 2.05) is 6.08 Å². The first kappa shape index (κ1) is 54.2. The van der Waals surface area contributed by atoms with Crippen LogP contribution in [0.2, 0.25) is 0 Å². The molecule has 0 amide bonds. The molecule has 0 saturated carbocycles. The van der Waals surface area contributed by atoms with E-state index < -0.39 is 51.8 Å². The van der Waals surface area contributed by atoms with Gasteiger partial charge in [-0.3, -0.25) is 18.6 Å². The molecule has 0 bridgehead atoms. The Morgan fingerprint density at radius 1 is 0.672 bits per heavy atom. The fourth-order valence-corrected chi connectivity index (χ4v) is 7.29. The second-order valence-electron chi connectivity index (χ2n) is 16.3. The second-order valence-corrected chi connectivity index (χ2v) is 17.7. The second kappa shape index (κ2) is 37.0. The van der Waals surface area contributed by atoms with Gasteiger partial charge in [0, 0.05) is 12.8 Å². The van der Waals surface area contributed by atoms with Gasteiger partial charge in [-0.05, 0) is 50.9 Å². The summed E-state index contributed by atoms with van der Waals surface area (Å²) in [4.78, 5) is 35.0. The maximum atomic E-state index is 12.6. The van der Waals surface area contributed by atoms with Crippen LogP contribution >= 0.6 is 7.82 Å². The third-order valence-electron chi connectivity index (χ3n) is 10.1. The monoisotopic (exact) mass is 843 g/mol. The van der Waals surface area contributed by atoms with Crippen molar-refractivity contribution in [2.24, 2.45) is 5.92 Å². The zero-order chi connectivity index (χ0) is 42.5. The highest BCUT2D eigenvalue weighted by Gasteiger charge is 2.36. The summed E-state index contributed by atoms with van der Waals surface area (Å²) in [5.74, 6) is -0.173. The average Bonchev–Trinajstić information content (AvgIpc) is 3.95. The molecule has 0 aromatic carbocycles. The van der Waals surface area contributed by atoms with Gasteiger partial charge >= 0.3 is 19.8 Å². The maximum absolute atomic E-state index is 12.6. The number of rotatable bonds is 41. The van der Waals surface area contributed by atoms with Crippen molar-refractivity contribution in [3.05, 3.63) is 36.5 Å². The number of allylic oxidation sites excluding steroid dienone is 5. The number of phosphoric acid groups is 1. The molecule has 0 aromatic heterocycles. The Kier molecular flexibility index (Phi) is 34.5. The minimum absolute atomic E-state index is 0.163. The highest BCUT2D eigenvalue weighted by Crippen LogP contribution is 2.43. The summed E-state index contributed by atoms with van der Waals surface area (Å²) in [6.07, 6.45) is 38.7. The predicted octanol–water partition coefficient (Wildman–Crippen LogP) is 11.2. The van der Waals surface area contributed by atoms with Gasteiger partial charge in [-0.2, -0.15) is 0 Å². The van der Waals surface area contributed by atoms with Crippen LogP contribution in [0.25, 0.3) is 0 Å². The van der Waals surface area contributed by atoms with Gasteiger partial charge in [0.25, 0.3) is 0 Å². The minimum atomic E-state index is -4.63. The Labute approximate surface area is 352 Å². The zero-order valence-corrected chi connectivity index (χ0v) is 37.5. The average molecular weight is 843 g/mol. The van der Waals surface area contributed by atoms with Gasteiger partial charge in [-0.1, -0.05) is 166 Å². The normalized spacial score (nSPS) is 17.7. The number of hydrogen-bond donors (Lipinski definition) is 3. The van der Waals surface area contributed by atoms with Crippen molar-refractivity contribution >= 4 is 19.8 Å². The van der Waals surface area contributed by atoms with Crippen LogP contribution in [0.5, 0.6) is 0 Å². The molecular weight excluding hydrogens is 759 g/mol.